The van der Waals surface area contributed by atoms with E-state index in [9.17, 15) is 4.79 Å². The SMILES string of the molecule is Cc1nc(N2CC3CC(C2)c2cccc(=O)n2C3)c2nc(C)oc2n1. The molecular weight excluding hydrogens is 318 g/mol. The number of anilines is 1. The van der Waals surface area contributed by atoms with Gasteiger partial charge in [-0.25, -0.2) is 9.97 Å². The lowest BCUT2D eigenvalue weighted by Gasteiger charge is -2.43. The highest BCUT2D eigenvalue weighted by molar-refractivity contribution is 5.82. The second-order valence-electron chi connectivity index (χ2n) is 7.08. The zero-order chi connectivity index (χ0) is 17.1. The van der Waals surface area contributed by atoms with E-state index in [0.29, 0.717) is 29.3 Å². The summed E-state index contributed by atoms with van der Waals surface area (Å²) in [6.45, 7) is 6.17. The number of pyridine rings is 1. The molecule has 0 aromatic carbocycles. The van der Waals surface area contributed by atoms with Gasteiger partial charge in [-0.2, -0.15) is 4.98 Å². The molecule has 2 aliphatic rings. The van der Waals surface area contributed by atoms with Crippen molar-refractivity contribution in [1.29, 1.82) is 0 Å². The normalized spacial score (nSPS) is 22.2. The minimum Gasteiger partial charge on any atom is -0.422 e. The predicted molar refractivity (Wildman–Crippen MR) is 92.8 cm³/mol. The lowest BCUT2D eigenvalue weighted by molar-refractivity contribution is 0.281. The quantitative estimate of drug-likeness (QED) is 0.676. The monoisotopic (exact) mass is 337 g/mol. The van der Waals surface area contributed by atoms with Crippen molar-refractivity contribution in [2.45, 2.75) is 32.7 Å². The first-order chi connectivity index (χ1) is 12.1. The number of hydrogen-bond acceptors (Lipinski definition) is 6. The van der Waals surface area contributed by atoms with Crippen LogP contribution in [0.25, 0.3) is 11.2 Å². The summed E-state index contributed by atoms with van der Waals surface area (Å²) in [4.78, 5) is 28.0. The smallest absolute Gasteiger partial charge is 0.252 e. The van der Waals surface area contributed by atoms with Crippen LogP contribution in [0.3, 0.4) is 0 Å². The largest absolute Gasteiger partial charge is 0.422 e. The summed E-state index contributed by atoms with van der Waals surface area (Å²) >= 11 is 0. The number of piperidine rings is 1. The molecule has 0 saturated carbocycles. The number of rotatable bonds is 1. The molecule has 1 saturated heterocycles. The van der Waals surface area contributed by atoms with Crippen molar-refractivity contribution in [2.75, 3.05) is 18.0 Å². The van der Waals surface area contributed by atoms with Crippen LogP contribution in [0.5, 0.6) is 0 Å². The number of aromatic nitrogens is 4. The Bertz CT molecular complexity index is 1040. The summed E-state index contributed by atoms with van der Waals surface area (Å²) in [6.07, 6.45) is 1.12. The van der Waals surface area contributed by atoms with Gasteiger partial charge in [0.2, 0.25) is 0 Å². The molecule has 0 aliphatic carbocycles. The Morgan fingerprint density at radius 3 is 2.88 bits per heavy atom. The Kier molecular flexibility index (Phi) is 3.01. The molecule has 25 heavy (non-hydrogen) atoms. The highest BCUT2D eigenvalue weighted by atomic mass is 16.4. The van der Waals surface area contributed by atoms with Gasteiger partial charge < -0.3 is 13.9 Å². The molecule has 0 spiro atoms. The maximum absolute atomic E-state index is 12.2. The summed E-state index contributed by atoms with van der Waals surface area (Å²) in [5.41, 5.74) is 2.51. The molecule has 0 N–H and O–H groups in total. The van der Waals surface area contributed by atoms with Gasteiger partial charge in [-0.1, -0.05) is 6.07 Å². The molecule has 7 heteroatoms. The van der Waals surface area contributed by atoms with E-state index in [1.165, 1.54) is 0 Å². The Morgan fingerprint density at radius 1 is 1.12 bits per heavy atom. The van der Waals surface area contributed by atoms with Crippen LogP contribution in [0.1, 0.15) is 29.7 Å². The average Bonchev–Trinajstić information content (AvgIpc) is 2.95. The molecule has 2 atom stereocenters. The molecule has 2 bridgehead atoms. The minimum absolute atomic E-state index is 0.105. The lowest BCUT2D eigenvalue weighted by atomic mass is 9.83. The second kappa shape index (κ2) is 5.15. The van der Waals surface area contributed by atoms with Crippen molar-refractivity contribution < 1.29 is 4.42 Å². The molecule has 7 nitrogen and oxygen atoms in total. The summed E-state index contributed by atoms with van der Waals surface area (Å²) in [5.74, 6) is 2.90. The van der Waals surface area contributed by atoms with Crippen LogP contribution in [0.4, 0.5) is 5.82 Å². The van der Waals surface area contributed by atoms with Gasteiger partial charge in [0.1, 0.15) is 5.82 Å². The van der Waals surface area contributed by atoms with E-state index in [2.05, 4.69) is 25.9 Å². The fourth-order valence-electron chi connectivity index (χ4n) is 4.31. The third-order valence-corrected chi connectivity index (χ3v) is 5.24. The van der Waals surface area contributed by atoms with Crippen molar-refractivity contribution in [3.05, 3.63) is 46.0 Å². The Hall–Kier alpha value is -2.70. The van der Waals surface area contributed by atoms with Crippen LogP contribution >= 0.6 is 0 Å². The molecule has 5 rings (SSSR count). The number of hydrogen-bond donors (Lipinski definition) is 0. The van der Waals surface area contributed by atoms with Crippen molar-refractivity contribution >= 4 is 17.0 Å². The second-order valence-corrected chi connectivity index (χ2v) is 7.08. The Morgan fingerprint density at radius 2 is 2.00 bits per heavy atom. The van der Waals surface area contributed by atoms with Crippen molar-refractivity contribution in [3.63, 3.8) is 0 Å². The third kappa shape index (κ3) is 2.26. The average molecular weight is 337 g/mol. The predicted octanol–water partition coefficient (Wildman–Crippen LogP) is 2.02. The molecule has 3 aromatic rings. The lowest BCUT2D eigenvalue weighted by Crippen LogP contribution is -2.47. The molecule has 3 aromatic heterocycles. The zero-order valence-electron chi connectivity index (χ0n) is 14.3. The molecule has 0 radical (unpaired) electrons. The van der Waals surface area contributed by atoms with Gasteiger partial charge >= 0.3 is 0 Å². The van der Waals surface area contributed by atoms with Gasteiger partial charge in [-0.15, -0.1) is 0 Å². The van der Waals surface area contributed by atoms with Gasteiger partial charge in [-0.05, 0) is 25.3 Å². The van der Waals surface area contributed by atoms with Crippen LogP contribution in [-0.4, -0.2) is 32.6 Å². The van der Waals surface area contributed by atoms with Crippen molar-refractivity contribution in [2.24, 2.45) is 5.92 Å². The van der Waals surface area contributed by atoms with E-state index in [-0.39, 0.29) is 5.56 Å². The Balaban J connectivity index is 1.59. The van der Waals surface area contributed by atoms with Crippen LogP contribution in [0.2, 0.25) is 0 Å². The molecule has 5 heterocycles. The molecule has 0 amide bonds. The van der Waals surface area contributed by atoms with E-state index in [1.807, 2.05) is 24.5 Å². The molecule has 128 valence electrons. The minimum atomic E-state index is 0.105. The van der Waals surface area contributed by atoms with Gasteiger partial charge in [0.15, 0.2) is 17.2 Å². The molecule has 2 unspecified atom stereocenters. The van der Waals surface area contributed by atoms with E-state index in [1.54, 1.807) is 6.07 Å². The first-order valence-electron chi connectivity index (χ1n) is 8.65. The summed E-state index contributed by atoms with van der Waals surface area (Å²) in [6, 6.07) is 5.59. The first kappa shape index (κ1) is 14.6. The van der Waals surface area contributed by atoms with Gasteiger partial charge in [0, 0.05) is 44.2 Å². The van der Waals surface area contributed by atoms with Crippen LogP contribution < -0.4 is 10.5 Å². The van der Waals surface area contributed by atoms with Crippen LogP contribution in [-0.2, 0) is 6.54 Å². The first-order valence-corrected chi connectivity index (χ1v) is 8.65. The van der Waals surface area contributed by atoms with Crippen molar-refractivity contribution in [3.8, 4) is 0 Å². The fourth-order valence-corrected chi connectivity index (χ4v) is 4.31. The van der Waals surface area contributed by atoms with Gasteiger partial charge in [-0.3, -0.25) is 4.79 Å². The maximum atomic E-state index is 12.2. The van der Waals surface area contributed by atoms with Crippen molar-refractivity contribution in [1.82, 2.24) is 19.5 Å². The summed E-state index contributed by atoms with van der Waals surface area (Å²) in [5, 5.41) is 0. The topological polar surface area (TPSA) is 77.0 Å². The standard InChI is InChI=1S/C18H19N5O2/c1-10-19-17(16-18(20-10)25-11(2)21-16)22-7-12-6-13(9-22)14-4-3-5-15(24)23(14)8-12/h3-5,12-13H,6-9H2,1-2H3. The van der Waals surface area contributed by atoms with Crippen LogP contribution in [0.15, 0.2) is 27.4 Å². The Labute approximate surface area is 144 Å². The van der Waals surface area contributed by atoms with E-state index in [0.717, 1.165) is 43.1 Å². The third-order valence-electron chi connectivity index (χ3n) is 5.24. The summed E-state index contributed by atoms with van der Waals surface area (Å²) < 4.78 is 7.55. The van der Waals surface area contributed by atoms with E-state index >= 15 is 0 Å². The fraction of sp³-hybridized carbons (Fsp3) is 0.444. The molecular formula is C18H19N5O2. The van der Waals surface area contributed by atoms with Gasteiger partial charge in [0.25, 0.3) is 11.3 Å². The highest BCUT2D eigenvalue weighted by Crippen LogP contribution is 2.37. The zero-order valence-corrected chi connectivity index (χ0v) is 14.3. The molecule has 1 fully saturated rings. The molecule has 2 aliphatic heterocycles. The number of aryl methyl sites for hydroxylation is 2. The maximum Gasteiger partial charge on any atom is 0.252 e. The number of fused-ring (bicyclic) bond motifs is 5. The van der Waals surface area contributed by atoms with Gasteiger partial charge in [0.05, 0.1) is 0 Å². The van der Waals surface area contributed by atoms with E-state index < -0.39 is 0 Å². The van der Waals surface area contributed by atoms with Crippen LogP contribution in [0, 0.1) is 19.8 Å². The highest BCUT2D eigenvalue weighted by Gasteiger charge is 2.36. The van der Waals surface area contributed by atoms with E-state index in [4.69, 9.17) is 4.42 Å². The number of oxazole rings is 1. The number of nitrogens with zero attached hydrogens (tertiary/aromatic N) is 5. The summed E-state index contributed by atoms with van der Waals surface area (Å²) in [7, 11) is 0.